The molecule has 1 aliphatic heterocycles. The highest BCUT2D eigenvalue weighted by Crippen LogP contribution is 2.28. The highest BCUT2D eigenvalue weighted by atomic mass is 32.2. The predicted octanol–water partition coefficient (Wildman–Crippen LogP) is 2.18. The second-order valence-corrected chi connectivity index (χ2v) is 7.27. The first-order valence-electron chi connectivity index (χ1n) is 7.03. The number of hydrogen-bond donors (Lipinski definition) is 2. The van der Waals surface area contributed by atoms with E-state index in [1.54, 1.807) is 0 Å². The zero-order chi connectivity index (χ0) is 14.8. The van der Waals surface area contributed by atoms with Crippen LogP contribution in [0.25, 0.3) is 0 Å². The SMILES string of the molecule is CCC1CCCN(S(=O)(=O)c2ccc(O)c(N)c2)CC1. The second-order valence-electron chi connectivity index (χ2n) is 5.33. The maximum atomic E-state index is 12.6. The lowest BCUT2D eigenvalue weighted by Gasteiger charge is -2.20. The fourth-order valence-corrected chi connectivity index (χ4v) is 4.16. The first-order valence-corrected chi connectivity index (χ1v) is 8.47. The fraction of sp³-hybridized carbons (Fsp3) is 0.571. The van der Waals surface area contributed by atoms with Crippen molar-refractivity contribution in [2.45, 2.75) is 37.5 Å². The van der Waals surface area contributed by atoms with Crippen molar-refractivity contribution in [3.05, 3.63) is 18.2 Å². The molecule has 1 atom stereocenters. The van der Waals surface area contributed by atoms with E-state index in [2.05, 4.69) is 6.92 Å². The van der Waals surface area contributed by atoms with E-state index in [9.17, 15) is 13.5 Å². The van der Waals surface area contributed by atoms with Crippen LogP contribution in [0.1, 0.15) is 32.6 Å². The van der Waals surface area contributed by atoms with Crippen molar-refractivity contribution in [3.8, 4) is 5.75 Å². The summed E-state index contributed by atoms with van der Waals surface area (Å²) in [5.41, 5.74) is 5.68. The minimum Gasteiger partial charge on any atom is -0.506 e. The monoisotopic (exact) mass is 298 g/mol. The Morgan fingerprint density at radius 3 is 2.75 bits per heavy atom. The number of benzene rings is 1. The van der Waals surface area contributed by atoms with Gasteiger partial charge in [-0.1, -0.05) is 13.3 Å². The zero-order valence-electron chi connectivity index (χ0n) is 11.7. The van der Waals surface area contributed by atoms with Crippen molar-refractivity contribution in [1.29, 1.82) is 0 Å². The molecule has 1 fully saturated rings. The van der Waals surface area contributed by atoms with Gasteiger partial charge in [0.15, 0.2) is 0 Å². The molecular formula is C14H22N2O3S. The minimum atomic E-state index is -3.51. The van der Waals surface area contributed by atoms with Crippen LogP contribution in [-0.4, -0.2) is 30.9 Å². The molecular weight excluding hydrogens is 276 g/mol. The van der Waals surface area contributed by atoms with Crippen LogP contribution >= 0.6 is 0 Å². The van der Waals surface area contributed by atoms with Crippen molar-refractivity contribution in [1.82, 2.24) is 4.31 Å². The van der Waals surface area contributed by atoms with Crippen LogP contribution < -0.4 is 5.73 Å². The fourth-order valence-electron chi connectivity index (χ4n) is 2.63. The molecule has 1 aromatic carbocycles. The van der Waals surface area contributed by atoms with Crippen molar-refractivity contribution >= 4 is 15.7 Å². The maximum absolute atomic E-state index is 12.6. The van der Waals surface area contributed by atoms with E-state index in [-0.39, 0.29) is 16.3 Å². The molecule has 5 nitrogen and oxygen atoms in total. The van der Waals surface area contributed by atoms with Crippen LogP contribution in [0.3, 0.4) is 0 Å². The molecule has 0 bridgehead atoms. The van der Waals surface area contributed by atoms with Gasteiger partial charge in [-0.2, -0.15) is 4.31 Å². The van der Waals surface area contributed by atoms with E-state index in [1.165, 1.54) is 22.5 Å². The van der Waals surface area contributed by atoms with E-state index in [1.807, 2.05) is 0 Å². The normalized spacial score (nSPS) is 21.6. The number of sulfonamides is 1. The lowest BCUT2D eigenvalue weighted by atomic mass is 9.98. The first-order chi connectivity index (χ1) is 9.45. The molecule has 2 rings (SSSR count). The van der Waals surface area contributed by atoms with Crippen molar-refractivity contribution in [2.24, 2.45) is 5.92 Å². The molecule has 1 saturated heterocycles. The molecule has 0 radical (unpaired) electrons. The summed E-state index contributed by atoms with van der Waals surface area (Å²) in [6.45, 7) is 3.26. The Morgan fingerprint density at radius 2 is 2.10 bits per heavy atom. The summed E-state index contributed by atoms with van der Waals surface area (Å²) in [5, 5.41) is 9.40. The third kappa shape index (κ3) is 3.07. The molecule has 20 heavy (non-hydrogen) atoms. The van der Waals surface area contributed by atoms with Crippen LogP contribution in [0.15, 0.2) is 23.1 Å². The highest BCUT2D eigenvalue weighted by molar-refractivity contribution is 7.89. The van der Waals surface area contributed by atoms with E-state index in [0.717, 1.165) is 25.7 Å². The van der Waals surface area contributed by atoms with E-state index < -0.39 is 10.0 Å². The number of aromatic hydroxyl groups is 1. The van der Waals surface area contributed by atoms with Crippen LogP contribution in [0.2, 0.25) is 0 Å². The molecule has 6 heteroatoms. The smallest absolute Gasteiger partial charge is 0.243 e. The average molecular weight is 298 g/mol. The Balaban J connectivity index is 2.23. The summed E-state index contributed by atoms with van der Waals surface area (Å²) in [5.74, 6) is 0.519. The second kappa shape index (κ2) is 6.01. The van der Waals surface area contributed by atoms with Gasteiger partial charge in [0.25, 0.3) is 0 Å². The number of nitrogen functional groups attached to an aromatic ring is 1. The summed E-state index contributed by atoms with van der Waals surface area (Å²) in [6.07, 6.45) is 3.98. The van der Waals surface area contributed by atoms with Gasteiger partial charge < -0.3 is 10.8 Å². The van der Waals surface area contributed by atoms with Crippen molar-refractivity contribution < 1.29 is 13.5 Å². The minimum absolute atomic E-state index is 0.0901. The summed E-state index contributed by atoms with van der Waals surface area (Å²) in [6, 6.07) is 4.06. The Kier molecular flexibility index (Phi) is 4.55. The topological polar surface area (TPSA) is 83.6 Å². The Bertz CT molecular complexity index is 572. The summed E-state index contributed by atoms with van der Waals surface area (Å²) in [7, 11) is -3.51. The molecule has 112 valence electrons. The van der Waals surface area contributed by atoms with Gasteiger partial charge in [-0.15, -0.1) is 0 Å². The van der Waals surface area contributed by atoms with Crippen LogP contribution in [-0.2, 0) is 10.0 Å². The molecule has 3 N–H and O–H groups in total. The number of phenolic OH excluding ortho intramolecular Hbond substituents is 1. The third-order valence-corrected chi connectivity index (χ3v) is 5.92. The van der Waals surface area contributed by atoms with Crippen LogP contribution in [0.4, 0.5) is 5.69 Å². The number of phenols is 1. The third-order valence-electron chi connectivity index (χ3n) is 4.02. The first kappa shape index (κ1) is 15.1. The largest absolute Gasteiger partial charge is 0.506 e. The molecule has 1 aromatic rings. The van der Waals surface area contributed by atoms with E-state index in [4.69, 9.17) is 5.73 Å². The summed E-state index contributed by atoms with van der Waals surface area (Å²) in [4.78, 5) is 0.155. The zero-order valence-corrected chi connectivity index (χ0v) is 12.6. The molecule has 0 aliphatic carbocycles. The van der Waals surface area contributed by atoms with Crippen LogP contribution in [0, 0.1) is 5.92 Å². The van der Waals surface area contributed by atoms with Crippen molar-refractivity contribution in [3.63, 3.8) is 0 Å². The van der Waals surface area contributed by atoms with Gasteiger partial charge >= 0.3 is 0 Å². The lowest BCUT2D eigenvalue weighted by Crippen LogP contribution is -2.32. The van der Waals surface area contributed by atoms with Gasteiger partial charge in [-0.05, 0) is 43.4 Å². The quantitative estimate of drug-likeness (QED) is 0.661. The number of nitrogens with two attached hydrogens (primary N) is 1. The molecule has 1 aliphatic rings. The summed E-state index contributed by atoms with van der Waals surface area (Å²) >= 11 is 0. The van der Waals surface area contributed by atoms with Crippen molar-refractivity contribution in [2.75, 3.05) is 18.8 Å². The average Bonchev–Trinajstić information content (AvgIpc) is 2.67. The van der Waals surface area contributed by atoms with Gasteiger partial charge in [0.1, 0.15) is 5.75 Å². The molecule has 0 saturated carbocycles. The van der Waals surface area contributed by atoms with E-state index in [0.29, 0.717) is 19.0 Å². The molecule has 0 amide bonds. The predicted molar refractivity (Wildman–Crippen MR) is 78.9 cm³/mol. The molecule has 0 spiro atoms. The molecule has 1 heterocycles. The number of anilines is 1. The van der Waals surface area contributed by atoms with Gasteiger partial charge in [-0.3, -0.25) is 0 Å². The lowest BCUT2D eigenvalue weighted by molar-refractivity contribution is 0.407. The Labute approximate surface area is 120 Å². The Hall–Kier alpha value is -1.27. The molecule has 0 aromatic heterocycles. The standard InChI is InChI=1S/C14H22N2O3S/c1-2-11-4-3-8-16(9-7-11)20(18,19)12-5-6-14(17)13(15)10-12/h5-6,10-11,17H,2-4,7-9,15H2,1H3. The van der Waals surface area contributed by atoms with Gasteiger partial charge in [0, 0.05) is 13.1 Å². The highest BCUT2D eigenvalue weighted by Gasteiger charge is 2.27. The van der Waals surface area contributed by atoms with E-state index >= 15 is 0 Å². The molecule has 1 unspecified atom stereocenters. The van der Waals surface area contributed by atoms with Crippen LogP contribution in [0.5, 0.6) is 5.75 Å². The van der Waals surface area contributed by atoms with Gasteiger partial charge in [0.2, 0.25) is 10.0 Å². The maximum Gasteiger partial charge on any atom is 0.243 e. The number of nitrogens with zero attached hydrogens (tertiary/aromatic N) is 1. The van der Waals surface area contributed by atoms with Gasteiger partial charge in [0.05, 0.1) is 10.6 Å². The summed E-state index contributed by atoms with van der Waals surface area (Å²) < 4.78 is 26.7. The number of hydrogen-bond acceptors (Lipinski definition) is 4. The Morgan fingerprint density at radius 1 is 1.35 bits per heavy atom. The number of rotatable bonds is 3. The van der Waals surface area contributed by atoms with Gasteiger partial charge in [-0.25, -0.2) is 8.42 Å².